The number of ether oxygens (including phenoxy) is 1. The molecule has 18 heavy (non-hydrogen) atoms. The summed E-state index contributed by atoms with van der Waals surface area (Å²) in [5, 5.41) is 0.863. The topological polar surface area (TPSA) is 28.3 Å². The molecule has 1 heterocycles. The highest BCUT2D eigenvalue weighted by atomic mass is 19.1. The number of fused-ring (bicyclic) bond motifs is 1. The number of aromatic nitrogens is 1. The number of halogens is 1. The molecular formula is C14H19FN2O. The van der Waals surface area contributed by atoms with Crippen LogP contribution in [0, 0.1) is 5.82 Å². The number of likely N-dealkylation sites (N-methyl/N-ethyl adjacent to an activating group) is 1. The first kappa shape index (κ1) is 12.9. The Morgan fingerprint density at radius 1 is 1.39 bits per heavy atom. The Hall–Kier alpha value is -1.55. The van der Waals surface area contributed by atoms with Crippen LogP contribution in [-0.2, 0) is 6.42 Å². The molecule has 0 saturated heterocycles. The monoisotopic (exact) mass is 250 g/mol. The molecular weight excluding hydrogens is 231 g/mol. The highest BCUT2D eigenvalue weighted by Gasteiger charge is 2.13. The van der Waals surface area contributed by atoms with E-state index in [0.29, 0.717) is 5.75 Å². The fraction of sp³-hybridized carbons (Fsp3) is 0.429. The second-order valence-electron chi connectivity index (χ2n) is 4.46. The fourth-order valence-corrected chi connectivity index (χ4v) is 2.10. The predicted octanol–water partition coefficient (Wildman–Crippen LogP) is 2.81. The van der Waals surface area contributed by atoms with Crippen molar-refractivity contribution in [2.24, 2.45) is 0 Å². The third-order valence-corrected chi connectivity index (χ3v) is 3.34. The van der Waals surface area contributed by atoms with Gasteiger partial charge in [0.25, 0.3) is 0 Å². The Balaban J connectivity index is 2.36. The van der Waals surface area contributed by atoms with Crippen LogP contribution in [0.15, 0.2) is 18.3 Å². The van der Waals surface area contributed by atoms with Crippen molar-refractivity contribution in [3.8, 4) is 5.75 Å². The molecule has 1 aromatic heterocycles. The summed E-state index contributed by atoms with van der Waals surface area (Å²) in [4.78, 5) is 5.39. The molecule has 0 aliphatic rings. The van der Waals surface area contributed by atoms with E-state index in [-0.39, 0.29) is 5.82 Å². The molecule has 0 saturated carbocycles. The second kappa shape index (κ2) is 5.40. The van der Waals surface area contributed by atoms with E-state index in [1.165, 1.54) is 13.2 Å². The maximum atomic E-state index is 13.7. The lowest BCUT2D eigenvalue weighted by molar-refractivity contribution is 0.357. The van der Waals surface area contributed by atoms with Gasteiger partial charge >= 0.3 is 0 Å². The number of hydrogen-bond acceptors (Lipinski definition) is 2. The molecule has 0 aliphatic heterocycles. The van der Waals surface area contributed by atoms with E-state index >= 15 is 0 Å². The summed E-state index contributed by atoms with van der Waals surface area (Å²) >= 11 is 0. The summed E-state index contributed by atoms with van der Waals surface area (Å²) < 4.78 is 18.9. The first-order valence-electron chi connectivity index (χ1n) is 6.18. The molecule has 3 nitrogen and oxygen atoms in total. The zero-order chi connectivity index (χ0) is 13.1. The van der Waals surface area contributed by atoms with Gasteiger partial charge in [-0.2, -0.15) is 0 Å². The van der Waals surface area contributed by atoms with E-state index in [1.54, 1.807) is 6.07 Å². The maximum absolute atomic E-state index is 13.7. The van der Waals surface area contributed by atoms with Gasteiger partial charge < -0.3 is 14.6 Å². The highest BCUT2D eigenvalue weighted by Crippen LogP contribution is 2.31. The van der Waals surface area contributed by atoms with Gasteiger partial charge in [-0.05, 0) is 37.7 Å². The molecule has 0 radical (unpaired) electrons. The number of aromatic amines is 1. The molecule has 2 rings (SSSR count). The van der Waals surface area contributed by atoms with Crippen LogP contribution in [-0.4, -0.2) is 37.1 Å². The van der Waals surface area contributed by atoms with Gasteiger partial charge in [-0.15, -0.1) is 0 Å². The minimum Gasteiger partial charge on any atom is -0.493 e. The van der Waals surface area contributed by atoms with Crippen LogP contribution in [0.2, 0.25) is 0 Å². The predicted molar refractivity (Wildman–Crippen MR) is 71.7 cm³/mol. The minimum atomic E-state index is -0.310. The molecule has 1 aromatic carbocycles. The molecule has 0 amide bonds. The number of H-pyrrole nitrogens is 1. The van der Waals surface area contributed by atoms with Gasteiger partial charge in [0.15, 0.2) is 11.6 Å². The first-order chi connectivity index (χ1) is 8.67. The van der Waals surface area contributed by atoms with Crippen molar-refractivity contribution in [2.75, 3.05) is 27.2 Å². The van der Waals surface area contributed by atoms with Crippen LogP contribution < -0.4 is 4.74 Å². The third-order valence-electron chi connectivity index (χ3n) is 3.34. The highest BCUT2D eigenvalue weighted by molar-refractivity contribution is 5.89. The van der Waals surface area contributed by atoms with Crippen molar-refractivity contribution in [3.63, 3.8) is 0 Å². The van der Waals surface area contributed by atoms with Crippen LogP contribution >= 0.6 is 0 Å². The van der Waals surface area contributed by atoms with Crippen molar-refractivity contribution < 1.29 is 9.13 Å². The van der Waals surface area contributed by atoms with Gasteiger partial charge in [-0.1, -0.05) is 6.92 Å². The molecule has 2 aromatic rings. The maximum Gasteiger partial charge on any atom is 0.165 e. The standard InChI is InChI=1S/C14H19FN2O/c1-4-17(2)8-7-10-9-16-12-6-5-11(15)14(18-3)13(10)12/h5-6,9,16H,4,7-8H2,1-3H3. The normalized spacial score (nSPS) is 11.4. The van der Waals surface area contributed by atoms with Gasteiger partial charge in [-0.25, -0.2) is 4.39 Å². The summed E-state index contributed by atoms with van der Waals surface area (Å²) in [6.07, 6.45) is 2.82. The van der Waals surface area contributed by atoms with Gasteiger partial charge in [-0.3, -0.25) is 0 Å². The van der Waals surface area contributed by atoms with Gasteiger partial charge in [0, 0.05) is 23.6 Å². The zero-order valence-corrected chi connectivity index (χ0v) is 11.1. The largest absolute Gasteiger partial charge is 0.493 e. The quantitative estimate of drug-likeness (QED) is 0.883. The van der Waals surface area contributed by atoms with Crippen LogP contribution in [0.25, 0.3) is 10.9 Å². The Labute approximate surface area is 107 Å². The van der Waals surface area contributed by atoms with Crippen molar-refractivity contribution in [1.82, 2.24) is 9.88 Å². The number of hydrogen-bond donors (Lipinski definition) is 1. The van der Waals surface area contributed by atoms with Crippen molar-refractivity contribution in [1.29, 1.82) is 0 Å². The van der Waals surface area contributed by atoms with E-state index in [9.17, 15) is 4.39 Å². The number of methoxy groups -OCH3 is 1. The number of nitrogens with zero attached hydrogens (tertiary/aromatic N) is 1. The summed E-state index contributed by atoms with van der Waals surface area (Å²) in [6.45, 7) is 4.08. The van der Waals surface area contributed by atoms with E-state index in [0.717, 1.165) is 36.0 Å². The van der Waals surface area contributed by atoms with E-state index < -0.39 is 0 Å². The molecule has 0 atom stereocenters. The average Bonchev–Trinajstić information content (AvgIpc) is 2.79. The minimum absolute atomic E-state index is 0.310. The number of benzene rings is 1. The SMILES string of the molecule is CCN(C)CCc1c[nH]c2ccc(F)c(OC)c12. The summed E-state index contributed by atoms with van der Waals surface area (Å²) in [6, 6.07) is 3.18. The Morgan fingerprint density at radius 3 is 2.83 bits per heavy atom. The third kappa shape index (κ3) is 2.34. The molecule has 0 bridgehead atoms. The van der Waals surface area contributed by atoms with Crippen LogP contribution in [0.4, 0.5) is 4.39 Å². The van der Waals surface area contributed by atoms with E-state index in [1.807, 2.05) is 6.20 Å². The van der Waals surface area contributed by atoms with Crippen molar-refractivity contribution in [2.45, 2.75) is 13.3 Å². The summed E-state index contributed by atoms with van der Waals surface area (Å²) in [5.74, 6) is 0.0256. The fourth-order valence-electron chi connectivity index (χ4n) is 2.10. The van der Waals surface area contributed by atoms with Crippen molar-refractivity contribution in [3.05, 3.63) is 29.7 Å². The summed E-state index contributed by atoms with van der Waals surface area (Å²) in [5.41, 5.74) is 2.02. The van der Waals surface area contributed by atoms with Gasteiger partial charge in [0.2, 0.25) is 0 Å². The number of nitrogens with one attached hydrogen (secondary N) is 1. The molecule has 0 unspecified atom stereocenters. The second-order valence-corrected chi connectivity index (χ2v) is 4.46. The summed E-state index contributed by atoms with van der Waals surface area (Å²) in [7, 11) is 3.58. The van der Waals surface area contributed by atoms with E-state index in [4.69, 9.17) is 4.74 Å². The molecule has 98 valence electrons. The molecule has 4 heteroatoms. The Morgan fingerprint density at radius 2 is 2.17 bits per heavy atom. The van der Waals surface area contributed by atoms with Crippen LogP contribution in [0.5, 0.6) is 5.75 Å². The first-order valence-corrected chi connectivity index (χ1v) is 6.18. The smallest absolute Gasteiger partial charge is 0.165 e. The van der Waals surface area contributed by atoms with Gasteiger partial charge in [0.1, 0.15) is 0 Å². The Kier molecular flexibility index (Phi) is 3.87. The molecule has 0 fully saturated rings. The lowest BCUT2D eigenvalue weighted by atomic mass is 10.1. The molecule has 0 spiro atoms. The zero-order valence-electron chi connectivity index (χ0n) is 11.1. The van der Waals surface area contributed by atoms with Crippen LogP contribution in [0.1, 0.15) is 12.5 Å². The van der Waals surface area contributed by atoms with E-state index in [2.05, 4.69) is 23.9 Å². The average molecular weight is 250 g/mol. The lowest BCUT2D eigenvalue weighted by Gasteiger charge is -2.13. The Bertz CT molecular complexity index is 536. The van der Waals surface area contributed by atoms with Crippen molar-refractivity contribution >= 4 is 10.9 Å². The van der Waals surface area contributed by atoms with Crippen LogP contribution in [0.3, 0.4) is 0 Å². The van der Waals surface area contributed by atoms with Gasteiger partial charge in [0.05, 0.1) is 7.11 Å². The molecule has 1 N–H and O–H groups in total. The number of rotatable bonds is 5. The molecule has 0 aliphatic carbocycles. The lowest BCUT2D eigenvalue weighted by Crippen LogP contribution is -2.20.